The first-order valence-electron chi connectivity index (χ1n) is 9.93. The monoisotopic (exact) mass is 426 g/mol. The van der Waals surface area contributed by atoms with Crippen LogP contribution in [0.15, 0.2) is 36.4 Å². The Morgan fingerprint density at radius 2 is 1.74 bits per heavy atom. The number of fused-ring (bicyclic) bond motifs is 1. The van der Waals surface area contributed by atoms with Gasteiger partial charge in [0, 0.05) is 18.7 Å². The number of carbonyl (C=O) groups excluding carboxylic acids is 3. The molecule has 0 saturated heterocycles. The van der Waals surface area contributed by atoms with Gasteiger partial charge in [0.15, 0.2) is 18.1 Å². The summed E-state index contributed by atoms with van der Waals surface area (Å²) in [5.74, 6) is -0.0741. The van der Waals surface area contributed by atoms with Crippen molar-refractivity contribution in [1.29, 1.82) is 0 Å². The fourth-order valence-electron chi connectivity index (χ4n) is 3.42. The van der Waals surface area contributed by atoms with Gasteiger partial charge in [-0.15, -0.1) is 0 Å². The first-order chi connectivity index (χ1) is 14.9. The second-order valence-electron chi connectivity index (χ2n) is 7.25. The smallest absolute Gasteiger partial charge is 0.325 e. The number of hydrogen-bond acceptors (Lipinski definition) is 6. The number of aryl methyl sites for hydroxylation is 1. The molecule has 0 aromatic heterocycles. The van der Waals surface area contributed by atoms with E-state index in [0.29, 0.717) is 36.6 Å². The van der Waals surface area contributed by atoms with E-state index < -0.39 is 5.97 Å². The topological polar surface area (TPSA) is 94.2 Å². The number of methoxy groups -OCH3 is 2. The summed E-state index contributed by atoms with van der Waals surface area (Å²) in [6, 6.07) is 10.8. The van der Waals surface area contributed by atoms with Crippen molar-refractivity contribution in [1.82, 2.24) is 10.2 Å². The first-order valence-corrected chi connectivity index (χ1v) is 9.93. The molecule has 0 fully saturated rings. The Labute approximate surface area is 181 Å². The zero-order valence-electron chi connectivity index (χ0n) is 17.9. The molecule has 8 heteroatoms. The zero-order valence-corrected chi connectivity index (χ0v) is 17.9. The van der Waals surface area contributed by atoms with Gasteiger partial charge in [-0.25, -0.2) is 0 Å². The molecule has 0 bridgehead atoms. The lowest BCUT2D eigenvalue weighted by atomic mass is 9.99. The molecule has 0 atom stereocenters. The number of hydrogen-bond donors (Lipinski definition) is 1. The number of nitrogens with one attached hydrogen (secondary N) is 1. The van der Waals surface area contributed by atoms with Gasteiger partial charge in [0.2, 0.25) is 0 Å². The van der Waals surface area contributed by atoms with Crippen LogP contribution in [0.2, 0.25) is 0 Å². The van der Waals surface area contributed by atoms with Crippen molar-refractivity contribution < 1.29 is 28.6 Å². The van der Waals surface area contributed by atoms with E-state index in [-0.39, 0.29) is 25.0 Å². The van der Waals surface area contributed by atoms with Gasteiger partial charge in [-0.2, -0.15) is 0 Å². The molecule has 0 saturated carbocycles. The maximum atomic E-state index is 12.5. The number of nitrogens with zero attached hydrogens (tertiary/aromatic N) is 1. The molecule has 2 aromatic carbocycles. The summed E-state index contributed by atoms with van der Waals surface area (Å²) in [6.45, 7) is 2.11. The van der Waals surface area contributed by atoms with Crippen molar-refractivity contribution in [3.05, 3.63) is 58.7 Å². The third kappa shape index (κ3) is 5.53. The maximum absolute atomic E-state index is 12.5. The van der Waals surface area contributed by atoms with E-state index in [1.807, 2.05) is 25.1 Å². The molecular formula is C23H26N2O6. The van der Waals surface area contributed by atoms with Crippen LogP contribution < -0.4 is 14.8 Å². The van der Waals surface area contributed by atoms with Crippen molar-refractivity contribution >= 4 is 17.8 Å². The van der Waals surface area contributed by atoms with Crippen LogP contribution in [-0.4, -0.2) is 56.6 Å². The van der Waals surface area contributed by atoms with Gasteiger partial charge in [-0.05, 0) is 48.7 Å². The zero-order chi connectivity index (χ0) is 22.4. The highest BCUT2D eigenvalue weighted by Crippen LogP contribution is 2.33. The molecule has 1 aliphatic heterocycles. The molecule has 1 aliphatic rings. The molecule has 2 aromatic rings. The molecule has 0 radical (unpaired) electrons. The van der Waals surface area contributed by atoms with Gasteiger partial charge in [-0.1, -0.05) is 17.7 Å². The molecule has 31 heavy (non-hydrogen) atoms. The summed E-state index contributed by atoms with van der Waals surface area (Å²) in [4.78, 5) is 38.2. The molecule has 0 spiro atoms. The molecule has 1 N–H and O–H groups in total. The van der Waals surface area contributed by atoms with E-state index in [4.69, 9.17) is 14.2 Å². The predicted octanol–water partition coefficient (Wildman–Crippen LogP) is 1.87. The summed E-state index contributed by atoms with van der Waals surface area (Å²) in [6.07, 6.45) is 0.669. The Balaban J connectivity index is 1.48. The Morgan fingerprint density at radius 1 is 1.03 bits per heavy atom. The molecule has 8 nitrogen and oxygen atoms in total. The maximum Gasteiger partial charge on any atom is 0.325 e. The lowest BCUT2D eigenvalue weighted by Gasteiger charge is -2.29. The van der Waals surface area contributed by atoms with Crippen molar-refractivity contribution in [2.75, 3.05) is 33.9 Å². The summed E-state index contributed by atoms with van der Waals surface area (Å²) in [7, 11) is 3.15. The van der Waals surface area contributed by atoms with Gasteiger partial charge in [0.1, 0.15) is 6.54 Å². The molecule has 2 amide bonds. The van der Waals surface area contributed by atoms with Crippen LogP contribution in [-0.2, 0) is 27.3 Å². The summed E-state index contributed by atoms with van der Waals surface area (Å²) < 4.78 is 15.7. The second-order valence-corrected chi connectivity index (χ2v) is 7.25. The van der Waals surface area contributed by atoms with Crippen molar-refractivity contribution in [2.24, 2.45) is 0 Å². The molecular weight excluding hydrogens is 400 g/mol. The third-order valence-corrected chi connectivity index (χ3v) is 5.10. The van der Waals surface area contributed by atoms with Crippen LogP contribution in [0.25, 0.3) is 0 Å². The number of amides is 2. The van der Waals surface area contributed by atoms with E-state index in [1.165, 1.54) is 0 Å². The van der Waals surface area contributed by atoms with Gasteiger partial charge in [-0.3, -0.25) is 14.4 Å². The van der Waals surface area contributed by atoms with Gasteiger partial charge >= 0.3 is 5.97 Å². The lowest BCUT2D eigenvalue weighted by molar-refractivity contribution is -0.151. The highest BCUT2D eigenvalue weighted by Gasteiger charge is 2.23. The third-order valence-electron chi connectivity index (χ3n) is 5.10. The van der Waals surface area contributed by atoms with Crippen molar-refractivity contribution in [3.63, 3.8) is 0 Å². The lowest BCUT2D eigenvalue weighted by Crippen LogP contribution is -2.39. The van der Waals surface area contributed by atoms with Crippen LogP contribution >= 0.6 is 0 Å². The molecule has 0 unspecified atom stereocenters. The predicted molar refractivity (Wildman–Crippen MR) is 113 cm³/mol. The minimum Gasteiger partial charge on any atom is -0.493 e. The number of ether oxygens (including phenoxy) is 3. The van der Waals surface area contributed by atoms with Crippen LogP contribution in [0, 0.1) is 6.92 Å². The number of carbonyl (C=O) groups is 3. The van der Waals surface area contributed by atoms with Crippen LogP contribution in [0.3, 0.4) is 0 Å². The first kappa shape index (κ1) is 22.1. The minimum atomic E-state index is -0.668. The molecule has 1 heterocycles. The quantitative estimate of drug-likeness (QED) is 0.680. The molecule has 164 valence electrons. The highest BCUT2D eigenvalue weighted by molar-refractivity contribution is 5.96. The normalized spacial score (nSPS) is 12.5. The summed E-state index contributed by atoms with van der Waals surface area (Å²) in [5, 5.41) is 2.50. The average Bonchev–Trinajstić information content (AvgIpc) is 2.79. The van der Waals surface area contributed by atoms with Crippen molar-refractivity contribution in [3.8, 4) is 11.5 Å². The standard InChI is InChI=1S/C23H26N2O6/c1-15-5-4-6-17(9-15)23(28)24-12-22(27)31-14-21(26)25-8-7-16-10-19(29-2)20(30-3)11-18(16)13-25/h4-6,9-11H,7-8,12-14H2,1-3H3,(H,24,28). The van der Waals surface area contributed by atoms with E-state index in [2.05, 4.69) is 5.32 Å². The SMILES string of the molecule is COc1cc2c(cc1OC)CN(C(=O)COC(=O)CNC(=O)c1cccc(C)c1)CC2. The number of rotatable bonds is 7. The van der Waals surface area contributed by atoms with Crippen LogP contribution in [0.4, 0.5) is 0 Å². The van der Waals surface area contributed by atoms with Gasteiger partial charge in [0.05, 0.1) is 14.2 Å². The molecule has 3 rings (SSSR count). The highest BCUT2D eigenvalue weighted by atomic mass is 16.5. The van der Waals surface area contributed by atoms with E-state index in [0.717, 1.165) is 16.7 Å². The largest absolute Gasteiger partial charge is 0.493 e. The Kier molecular flexibility index (Phi) is 7.12. The van der Waals surface area contributed by atoms with E-state index in [1.54, 1.807) is 37.3 Å². The second kappa shape index (κ2) is 9.97. The van der Waals surface area contributed by atoms with Crippen LogP contribution in [0.5, 0.6) is 11.5 Å². The number of esters is 1. The Hall–Kier alpha value is -3.55. The Bertz CT molecular complexity index is 988. The fourth-order valence-corrected chi connectivity index (χ4v) is 3.42. The Morgan fingerprint density at radius 3 is 2.42 bits per heavy atom. The number of benzene rings is 2. The average molecular weight is 426 g/mol. The summed E-state index contributed by atoms with van der Waals surface area (Å²) >= 11 is 0. The van der Waals surface area contributed by atoms with E-state index in [9.17, 15) is 14.4 Å². The van der Waals surface area contributed by atoms with Gasteiger partial charge in [0.25, 0.3) is 11.8 Å². The van der Waals surface area contributed by atoms with E-state index >= 15 is 0 Å². The van der Waals surface area contributed by atoms with Gasteiger partial charge < -0.3 is 24.4 Å². The summed E-state index contributed by atoms with van der Waals surface area (Å²) in [5.41, 5.74) is 3.47. The van der Waals surface area contributed by atoms with Crippen LogP contribution in [0.1, 0.15) is 27.0 Å². The van der Waals surface area contributed by atoms with Crippen molar-refractivity contribution in [2.45, 2.75) is 19.9 Å². The minimum absolute atomic E-state index is 0.293. The fraction of sp³-hybridized carbons (Fsp3) is 0.348. The molecule has 0 aliphatic carbocycles.